The number of hydrogen-bond acceptors (Lipinski definition) is 5. The molecule has 1 aliphatic carbocycles. The van der Waals surface area contributed by atoms with Crippen LogP contribution in [0.3, 0.4) is 0 Å². The Morgan fingerprint density at radius 2 is 1.76 bits per heavy atom. The average Bonchev–Trinajstić information content (AvgIpc) is 3.16. The topological polar surface area (TPSA) is 66.8 Å². The molecule has 178 valence electrons. The highest BCUT2D eigenvalue weighted by Gasteiger charge is 2.49. The number of allylic oxidation sites excluding steroid dienone is 1. The van der Waals surface area contributed by atoms with Crippen molar-refractivity contribution in [3.05, 3.63) is 77.0 Å². The summed E-state index contributed by atoms with van der Waals surface area (Å²) in [6, 6.07) is 16.0. The number of nitrogens with zero attached hydrogens (tertiary/aromatic N) is 1. The van der Waals surface area contributed by atoms with Crippen LogP contribution in [0.5, 0.6) is 5.75 Å². The third kappa shape index (κ3) is 4.32. The van der Waals surface area contributed by atoms with Crippen LogP contribution >= 0.6 is 0 Å². The van der Waals surface area contributed by atoms with E-state index in [-0.39, 0.29) is 18.4 Å². The number of benzene rings is 2. The molecule has 0 saturated carbocycles. The normalized spacial score (nSPS) is 17.4. The number of rotatable bonds is 9. The number of aryl methyl sites for hydroxylation is 1. The zero-order valence-electron chi connectivity index (χ0n) is 20.2. The molecule has 0 spiro atoms. The van der Waals surface area contributed by atoms with Gasteiger partial charge in [0, 0.05) is 35.1 Å². The van der Waals surface area contributed by atoms with Crippen LogP contribution in [0.1, 0.15) is 44.7 Å². The molecule has 0 N–H and O–H groups in total. The fourth-order valence-corrected chi connectivity index (χ4v) is 4.82. The van der Waals surface area contributed by atoms with E-state index in [1.54, 1.807) is 13.8 Å². The summed E-state index contributed by atoms with van der Waals surface area (Å²) >= 11 is 0. The van der Waals surface area contributed by atoms with E-state index in [0.717, 1.165) is 33.4 Å². The molecular weight excluding hydrogens is 430 g/mol. The molecule has 0 saturated heterocycles. The van der Waals surface area contributed by atoms with Crippen molar-refractivity contribution in [1.82, 2.24) is 4.57 Å². The van der Waals surface area contributed by atoms with Gasteiger partial charge in [-0.1, -0.05) is 35.9 Å². The third-order valence-electron chi connectivity index (χ3n) is 6.65. The van der Waals surface area contributed by atoms with Gasteiger partial charge in [-0.25, -0.2) is 4.79 Å². The first-order chi connectivity index (χ1) is 16.4. The molecule has 4 rings (SSSR count). The van der Waals surface area contributed by atoms with Gasteiger partial charge in [-0.3, -0.25) is 4.79 Å². The zero-order chi connectivity index (χ0) is 24.3. The van der Waals surface area contributed by atoms with E-state index in [1.165, 1.54) is 0 Å². The van der Waals surface area contributed by atoms with Crippen LogP contribution < -0.4 is 4.74 Å². The van der Waals surface area contributed by atoms with Gasteiger partial charge in [-0.2, -0.15) is 0 Å². The lowest BCUT2D eigenvalue weighted by atomic mass is 9.59. The molecule has 0 radical (unpaired) electrons. The van der Waals surface area contributed by atoms with Crippen molar-refractivity contribution in [3.8, 4) is 5.75 Å². The van der Waals surface area contributed by atoms with Gasteiger partial charge in [0.15, 0.2) is 0 Å². The number of esters is 2. The van der Waals surface area contributed by atoms with Gasteiger partial charge in [0.05, 0.1) is 19.6 Å². The Bertz CT molecular complexity index is 1240. The molecule has 0 aliphatic heterocycles. The van der Waals surface area contributed by atoms with E-state index in [1.807, 2.05) is 67.1 Å². The summed E-state index contributed by atoms with van der Waals surface area (Å²) < 4.78 is 18.7. The van der Waals surface area contributed by atoms with Gasteiger partial charge in [-0.15, -0.1) is 0 Å². The van der Waals surface area contributed by atoms with Crippen molar-refractivity contribution in [2.75, 3.05) is 13.2 Å². The average molecular weight is 462 g/mol. The van der Waals surface area contributed by atoms with Crippen molar-refractivity contribution in [3.63, 3.8) is 0 Å². The van der Waals surface area contributed by atoms with Crippen LogP contribution in [-0.2, 0) is 38.1 Å². The van der Waals surface area contributed by atoms with Gasteiger partial charge in [0.2, 0.25) is 0 Å². The van der Waals surface area contributed by atoms with Crippen molar-refractivity contribution >= 4 is 22.8 Å². The maximum absolute atomic E-state index is 12.6. The van der Waals surface area contributed by atoms with Crippen molar-refractivity contribution in [2.24, 2.45) is 7.05 Å². The molecule has 1 heterocycles. The molecule has 1 unspecified atom stereocenters. The van der Waals surface area contributed by atoms with Crippen molar-refractivity contribution in [1.29, 1.82) is 0 Å². The van der Waals surface area contributed by atoms with Gasteiger partial charge in [-0.05, 0) is 56.5 Å². The summed E-state index contributed by atoms with van der Waals surface area (Å²) in [5.74, 6) is 0.159. The smallest absolute Gasteiger partial charge is 0.334 e. The lowest BCUT2D eigenvalue weighted by Crippen LogP contribution is -2.42. The second kappa shape index (κ2) is 9.75. The standard InChI is InChI=1S/C28H31NO5/c1-5-32-26(30)16-28(15-23(19(28)3)27(31)33-6-2)24-17-29(4)25-13-12-21(14-22(24)25)34-18-20-10-8-7-9-11-20/h7-14,17H,5-6,15-16,18H2,1-4H3. The first-order valence-corrected chi connectivity index (χ1v) is 11.7. The Kier molecular flexibility index (Phi) is 6.77. The predicted molar refractivity (Wildman–Crippen MR) is 131 cm³/mol. The predicted octanol–water partition coefficient (Wildman–Crippen LogP) is 5.23. The quantitative estimate of drug-likeness (QED) is 0.408. The molecule has 2 aromatic carbocycles. The maximum Gasteiger partial charge on any atom is 0.334 e. The SMILES string of the molecule is CCOC(=O)CC1(c2cn(C)c3ccc(OCc4ccccc4)cc23)CC(C(=O)OCC)=C1C. The summed E-state index contributed by atoms with van der Waals surface area (Å²) in [6.45, 7) is 6.61. The number of hydrogen-bond donors (Lipinski definition) is 0. The minimum atomic E-state index is -0.619. The Morgan fingerprint density at radius 1 is 1.03 bits per heavy atom. The van der Waals surface area contributed by atoms with E-state index in [0.29, 0.717) is 31.8 Å². The third-order valence-corrected chi connectivity index (χ3v) is 6.65. The highest BCUT2D eigenvalue weighted by atomic mass is 16.5. The molecule has 1 aliphatic rings. The highest BCUT2D eigenvalue weighted by Crippen LogP contribution is 2.53. The van der Waals surface area contributed by atoms with E-state index in [4.69, 9.17) is 14.2 Å². The zero-order valence-corrected chi connectivity index (χ0v) is 20.2. The summed E-state index contributed by atoms with van der Waals surface area (Å²) in [5, 5.41) is 1.000. The number of ether oxygens (including phenoxy) is 3. The van der Waals surface area contributed by atoms with Crippen LogP contribution in [0, 0.1) is 0 Å². The Morgan fingerprint density at radius 3 is 2.44 bits per heavy atom. The minimum absolute atomic E-state index is 0.170. The molecule has 3 aromatic rings. The number of aromatic nitrogens is 1. The van der Waals surface area contributed by atoms with Crippen LogP contribution in [0.15, 0.2) is 65.9 Å². The summed E-state index contributed by atoms with van der Waals surface area (Å²) in [6.07, 6.45) is 2.66. The first-order valence-electron chi connectivity index (χ1n) is 11.7. The van der Waals surface area contributed by atoms with Crippen LogP contribution in [0.4, 0.5) is 0 Å². The van der Waals surface area contributed by atoms with E-state index >= 15 is 0 Å². The second-order valence-corrected chi connectivity index (χ2v) is 8.67. The van der Waals surface area contributed by atoms with Crippen molar-refractivity contribution in [2.45, 2.75) is 45.6 Å². The fraction of sp³-hybridized carbons (Fsp3) is 0.357. The van der Waals surface area contributed by atoms with Crippen LogP contribution in [0.25, 0.3) is 10.9 Å². The Balaban J connectivity index is 1.74. The van der Waals surface area contributed by atoms with Crippen LogP contribution in [-0.4, -0.2) is 29.7 Å². The maximum atomic E-state index is 12.6. The van der Waals surface area contributed by atoms with E-state index in [9.17, 15) is 9.59 Å². The van der Waals surface area contributed by atoms with E-state index in [2.05, 4.69) is 6.20 Å². The second-order valence-electron chi connectivity index (χ2n) is 8.67. The molecule has 0 fully saturated rings. The Labute approximate surface area is 200 Å². The molecule has 34 heavy (non-hydrogen) atoms. The van der Waals surface area contributed by atoms with Gasteiger partial charge < -0.3 is 18.8 Å². The molecule has 6 nitrogen and oxygen atoms in total. The molecule has 0 amide bonds. The first kappa shape index (κ1) is 23.6. The van der Waals surface area contributed by atoms with Gasteiger partial charge in [0.1, 0.15) is 12.4 Å². The number of fused-ring (bicyclic) bond motifs is 1. The van der Waals surface area contributed by atoms with Gasteiger partial charge in [0.25, 0.3) is 0 Å². The minimum Gasteiger partial charge on any atom is -0.489 e. The van der Waals surface area contributed by atoms with Crippen LogP contribution in [0.2, 0.25) is 0 Å². The molecular formula is C28H31NO5. The number of carbonyl (C=O) groups is 2. The molecule has 1 atom stereocenters. The summed E-state index contributed by atoms with van der Waals surface area (Å²) in [7, 11) is 1.98. The summed E-state index contributed by atoms with van der Waals surface area (Å²) in [5.41, 5.74) is 4.00. The number of carbonyl (C=O) groups excluding carboxylic acids is 2. The Hall–Kier alpha value is -3.54. The van der Waals surface area contributed by atoms with Crippen molar-refractivity contribution < 1.29 is 23.8 Å². The van der Waals surface area contributed by atoms with E-state index < -0.39 is 5.41 Å². The lowest BCUT2D eigenvalue weighted by Gasteiger charge is -2.43. The highest BCUT2D eigenvalue weighted by molar-refractivity contribution is 5.96. The van der Waals surface area contributed by atoms with Gasteiger partial charge >= 0.3 is 11.9 Å². The molecule has 0 bridgehead atoms. The fourth-order valence-electron chi connectivity index (χ4n) is 4.82. The monoisotopic (exact) mass is 461 g/mol. The molecule has 6 heteroatoms. The lowest BCUT2D eigenvalue weighted by molar-refractivity contribution is -0.145. The summed E-state index contributed by atoms with van der Waals surface area (Å²) in [4.78, 5) is 25.1. The molecule has 1 aromatic heterocycles. The largest absolute Gasteiger partial charge is 0.489 e.